The molecule has 2 fully saturated rings. The summed E-state index contributed by atoms with van der Waals surface area (Å²) < 4.78 is 5.32. The molecule has 1 aromatic carbocycles. The van der Waals surface area contributed by atoms with Crippen LogP contribution in [-0.2, 0) is 9.53 Å². The van der Waals surface area contributed by atoms with Gasteiger partial charge in [0.05, 0.1) is 0 Å². The van der Waals surface area contributed by atoms with E-state index in [1.807, 2.05) is 36.1 Å². The molecule has 2 atom stereocenters. The number of aromatic nitrogens is 1. The van der Waals surface area contributed by atoms with E-state index in [1.54, 1.807) is 5.38 Å². The maximum atomic E-state index is 12.8. The Morgan fingerprint density at radius 1 is 1.21 bits per heavy atom. The Labute approximate surface area is 176 Å². The van der Waals surface area contributed by atoms with E-state index in [-0.39, 0.29) is 35.1 Å². The molecule has 1 amide bonds. The molecule has 0 spiro atoms. The van der Waals surface area contributed by atoms with Crippen LogP contribution in [0.3, 0.4) is 0 Å². The molecule has 1 aliphatic heterocycles. The second-order valence-electron chi connectivity index (χ2n) is 9.72. The van der Waals surface area contributed by atoms with Gasteiger partial charge in [-0.15, -0.1) is 11.3 Å². The van der Waals surface area contributed by atoms with Gasteiger partial charge in [0.2, 0.25) is 0 Å². The van der Waals surface area contributed by atoms with E-state index in [0.29, 0.717) is 0 Å². The zero-order valence-electron chi connectivity index (χ0n) is 17.5. The van der Waals surface area contributed by atoms with E-state index < -0.39 is 5.97 Å². The minimum atomic E-state index is -0.540. The van der Waals surface area contributed by atoms with Gasteiger partial charge in [-0.2, -0.15) is 0 Å². The van der Waals surface area contributed by atoms with Gasteiger partial charge in [-0.1, -0.05) is 50.6 Å². The predicted molar refractivity (Wildman–Crippen MR) is 114 cm³/mol. The van der Waals surface area contributed by atoms with Gasteiger partial charge in [0.1, 0.15) is 5.01 Å². The molecule has 0 unspecified atom stereocenters. The van der Waals surface area contributed by atoms with Crippen molar-refractivity contribution in [3.63, 3.8) is 0 Å². The second kappa shape index (κ2) is 7.24. The summed E-state index contributed by atoms with van der Waals surface area (Å²) in [5, 5.41) is 2.46. The lowest BCUT2D eigenvalue weighted by Gasteiger charge is -2.39. The maximum Gasteiger partial charge on any atom is 0.358 e. The normalized spacial score (nSPS) is 25.1. The molecule has 4 rings (SSSR count). The van der Waals surface area contributed by atoms with E-state index in [9.17, 15) is 9.59 Å². The van der Waals surface area contributed by atoms with Crippen LogP contribution in [0.4, 0.5) is 0 Å². The molecule has 1 saturated carbocycles. The number of likely N-dealkylation sites (tertiary alicyclic amines) is 1. The summed E-state index contributed by atoms with van der Waals surface area (Å²) in [7, 11) is 0. The molecule has 0 N–H and O–H groups in total. The average molecular weight is 413 g/mol. The van der Waals surface area contributed by atoms with Crippen LogP contribution in [0.1, 0.15) is 56.1 Å². The van der Waals surface area contributed by atoms with Crippen molar-refractivity contribution in [1.29, 1.82) is 0 Å². The third-order valence-electron chi connectivity index (χ3n) is 6.07. The van der Waals surface area contributed by atoms with Crippen molar-refractivity contribution in [2.75, 3.05) is 13.2 Å². The zero-order chi connectivity index (χ0) is 20.8. The SMILES string of the molecule is Cc1ccc(-c2nc(C(=O)OCC(=O)N3C[C@@]4(C)C[C@@H]3CC(C)(C)C4)cs2)cc1. The van der Waals surface area contributed by atoms with Crippen LogP contribution >= 0.6 is 11.3 Å². The zero-order valence-corrected chi connectivity index (χ0v) is 18.3. The second-order valence-corrected chi connectivity index (χ2v) is 10.6. The van der Waals surface area contributed by atoms with Gasteiger partial charge in [0, 0.05) is 23.5 Å². The van der Waals surface area contributed by atoms with Crippen molar-refractivity contribution in [2.45, 2.75) is 53.0 Å². The monoisotopic (exact) mass is 412 g/mol. The minimum absolute atomic E-state index is 0.0984. The highest BCUT2D eigenvalue weighted by molar-refractivity contribution is 7.13. The van der Waals surface area contributed by atoms with E-state index in [4.69, 9.17) is 4.74 Å². The Balaban J connectivity index is 1.37. The van der Waals surface area contributed by atoms with E-state index in [0.717, 1.165) is 36.4 Å². The smallest absolute Gasteiger partial charge is 0.358 e. The number of thiazole rings is 1. The van der Waals surface area contributed by atoms with Crippen molar-refractivity contribution in [3.05, 3.63) is 40.9 Å². The van der Waals surface area contributed by atoms with Gasteiger partial charge in [0.15, 0.2) is 12.3 Å². The van der Waals surface area contributed by atoms with Crippen LogP contribution in [0.5, 0.6) is 0 Å². The van der Waals surface area contributed by atoms with Crippen LogP contribution in [0.15, 0.2) is 29.6 Å². The number of hydrogen-bond donors (Lipinski definition) is 0. The molecule has 2 aromatic rings. The number of rotatable bonds is 4. The van der Waals surface area contributed by atoms with Crippen molar-refractivity contribution >= 4 is 23.2 Å². The van der Waals surface area contributed by atoms with Gasteiger partial charge in [-0.05, 0) is 37.0 Å². The van der Waals surface area contributed by atoms with Crippen molar-refractivity contribution in [1.82, 2.24) is 9.88 Å². The summed E-state index contributed by atoms with van der Waals surface area (Å²) in [5.41, 5.74) is 2.81. The fraction of sp³-hybridized carbons (Fsp3) is 0.522. The quantitative estimate of drug-likeness (QED) is 0.683. The summed E-state index contributed by atoms with van der Waals surface area (Å²) in [5.74, 6) is -0.638. The van der Waals surface area contributed by atoms with Gasteiger partial charge in [-0.25, -0.2) is 9.78 Å². The third-order valence-corrected chi connectivity index (χ3v) is 6.97. The molecule has 5 nitrogen and oxygen atoms in total. The molecule has 29 heavy (non-hydrogen) atoms. The summed E-state index contributed by atoms with van der Waals surface area (Å²) in [4.78, 5) is 31.5. The molecular formula is C23H28N2O3S. The first-order chi connectivity index (χ1) is 13.6. The summed E-state index contributed by atoms with van der Waals surface area (Å²) in [6.45, 7) is 9.39. The van der Waals surface area contributed by atoms with Crippen molar-refractivity contribution in [3.8, 4) is 10.6 Å². The summed E-state index contributed by atoms with van der Waals surface area (Å²) >= 11 is 1.40. The molecule has 0 radical (unpaired) electrons. The topological polar surface area (TPSA) is 59.5 Å². The first kappa shape index (κ1) is 20.1. The number of benzene rings is 1. The van der Waals surface area contributed by atoms with Crippen LogP contribution in [-0.4, -0.2) is 41.0 Å². The molecule has 6 heteroatoms. The molecule has 2 heterocycles. The van der Waals surface area contributed by atoms with Gasteiger partial charge >= 0.3 is 5.97 Å². The number of esters is 1. The molecule has 2 aliphatic rings. The predicted octanol–water partition coefficient (Wildman–Crippen LogP) is 4.70. The van der Waals surface area contributed by atoms with Gasteiger partial charge in [-0.3, -0.25) is 4.79 Å². The Morgan fingerprint density at radius 2 is 1.93 bits per heavy atom. The van der Waals surface area contributed by atoms with Crippen molar-refractivity contribution in [2.24, 2.45) is 10.8 Å². The maximum absolute atomic E-state index is 12.8. The molecule has 1 aromatic heterocycles. The lowest BCUT2D eigenvalue weighted by Crippen LogP contribution is -2.39. The van der Waals surface area contributed by atoms with Crippen LogP contribution in [0.25, 0.3) is 10.6 Å². The highest BCUT2D eigenvalue weighted by atomic mass is 32.1. The highest BCUT2D eigenvalue weighted by Crippen LogP contribution is 2.52. The summed E-state index contributed by atoms with van der Waals surface area (Å²) in [6.07, 6.45) is 3.18. The van der Waals surface area contributed by atoms with Crippen molar-refractivity contribution < 1.29 is 14.3 Å². The molecular weight excluding hydrogens is 384 g/mol. The van der Waals surface area contributed by atoms with Crippen LogP contribution in [0, 0.1) is 17.8 Å². The third kappa shape index (κ3) is 4.22. The van der Waals surface area contributed by atoms with Crippen LogP contribution < -0.4 is 0 Å². The number of aryl methyl sites for hydroxylation is 1. The lowest BCUT2D eigenvalue weighted by atomic mass is 9.65. The highest BCUT2D eigenvalue weighted by Gasteiger charge is 2.50. The fourth-order valence-electron chi connectivity index (χ4n) is 5.23. The fourth-order valence-corrected chi connectivity index (χ4v) is 6.03. The van der Waals surface area contributed by atoms with E-state index in [2.05, 4.69) is 25.8 Å². The standard InChI is InChI=1S/C23H28N2O3S/c1-15-5-7-16(8-6-15)20-24-18(12-29-20)21(27)28-11-19(26)25-14-23(4)10-17(25)9-22(2,3)13-23/h5-8,12,17H,9-11,13-14H2,1-4H3/t17-,23-/m0/s1. The number of nitrogens with zero attached hydrogens (tertiary/aromatic N) is 2. The van der Waals surface area contributed by atoms with E-state index in [1.165, 1.54) is 16.9 Å². The first-order valence-corrected chi connectivity index (χ1v) is 11.0. The Kier molecular flexibility index (Phi) is 5.01. The first-order valence-electron chi connectivity index (χ1n) is 10.1. The summed E-state index contributed by atoms with van der Waals surface area (Å²) in [6, 6.07) is 8.26. The molecule has 154 valence electrons. The largest absolute Gasteiger partial charge is 0.451 e. The van der Waals surface area contributed by atoms with E-state index >= 15 is 0 Å². The van der Waals surface area contributed by atoms with Crippen LogP contribution in [0.2, 0.25) is 0 Å². The average Bonchev–Trinajstić information content (AvgIpc) is 3.22. The lowest BCUT2D eigenvalue weighted by molar-refractivity contribution is -0.135. The minimum Gasteiger partial charge on any atom is -0.451 e. The van der Waals surface area contributed by atoms with Gasteiger partial charge in [0.25, 0.3) is 5.91 Å². The number of hydrogen-bond acceptors (Lipinski definition) is 5. The Bertz CT molecular complexity index is 934. The number of amides is 1. The molecule has 1 aliphatic carbocycles. The number of carbonyl (C=O) groups is 2. The molecule has 1 saturated heterocycles. The number of fused-ring (bicyclic) bond motifs is 2. The van der Waals surface area contributed by atoms with Gasteiger partial charge < -0.3 is 9.64 Å². The Morgan fingerprint density at radius 3 is 2.66 bits per heavy atom. The number of ether oxygens (including phenoxy) is 1. The molecule has 2 bridgehead atoms. The number of carbonyl (C=O) groups excluding carboxylic acids is 2. The Hall–Kier alpha value is -2.21.